The van der Waals surface area contributed by atoms with Crippen molar-refractivity contribution >= 4 is 23.2 Å². The first-order valence-electron chi connectivity index (χ1n) is 8.91. The van der Waals surface area contributed by atoms with Gasteiger partial charge in [0.05, 0.1) is 13.1 Å². The molecule has 0 spiro atoms. The number of amides is 2. The fraction of sp³-hybridized carbons (Fsp3) is 0.333. The lowest BCUT2D eigenvalue weighted by Gasteiger charge is -2.16. The summed E-state index contributed by atoms with van der Waals surface area (Å²) in [5.74, 6) is 0.217. The molecule has 5 nitrogen and oxygen atoms in total. The molecule has 0 aliphatic heterocycles. The lowest BCUT2D eigenvalue weighted by Crippen LogP contribution is -2.36. The molecule has 138 valence electrons. The van der Waals surface area contributed by atoms with Gasteiger partial charge in [-0.1, -0.05) is 44.2 Å². The lowest BCUT2D eigenvalue weighted by molar-refractivity contribution is -0.119. The standard InChI is InChI=1S/C21H27N3O2/c1-4-16(2)17-10-12-19(13-11-17)23-21(26)15-24(3)14-20(25)22-18-8-6-5-7-9-18/h5-13,16H,4,14-15H2,1-3H3,(H,22,25)(H,23,26). The highest BCUT2D eigenvalue weighted by Crippen LogP contribution is 2.20. The Hall–Kier alpha value is -2.66. The van der Waals surface area contributed by atoms with Crippen molar-refractivity contribution in [2.45, 2.75) is 26.2 Å². The van der Waals surface area contributed by atoms with Crippen LogP contribution in [0.25, 0.3) is 0 Å². The number of hydrogen-bond donors (Lipinski definition) is 2. The molecular formula is C21H27N3O2. The van der Waals surface area contributed by atoms with E-state index >= 15 is 0 Å². The van der Waals surface area contributed by atoms with E-state index in [2.05, 4.69) is 24.5 Å². The zero-order valence-corrected chi connectivity index (χ0v) is 15.7. The average molecular weight is 353 g/mol. The number of rotatable bonds is 8. The molecule has 1 unspecified atom stereocenters. The topological polar surface area (TPSA) is 61.4 Å². The predicted octanol–water partition coefficient (Wildman–Crippen LogP) is 3.71. The molecule has 2 amide bonds. The van der Waals surface area contributed by atoms with E-state index in [1.54, 1.807) is 11.9 Å². The van der Waals surface area contributed by atoms with Crippen LogP contribution >= 0.6 is 0 Å². The van der Waals surface area contributed by atoms with Crippen LogP contribution in [0.15, 0.2) is 54.6 Å². The third-order valence-corrected chi connectivity index (χ3v) is 4.26. The monoisotopic (exact) mass is 353 g/mol. The molecule has 2 aromatic carbocycles. The quantitative estimate of drug-likeness (QED) is 0.760. The third kappa shape index (κ3) is 6.33. The highest BCUT2D eigenvalue weighted by atomic mass is 16.2. The average Bonchev–Trinajstić information content (AvgIpc) is 2.62. The van der Waals surface area contributed by atoms with Crippen LogP contribution in [0.2, 0.25) is 0 Å². The van der Waals surface area contributed by atoms with E-state index in [4.69, 9.17) is 0 Å². The van der Waals surface area contributed by atoms with Gasteiger partial charge >= 0.3 is 0 Å². The number of likely N-dealkylation sites (N-methyl/N-ethyl adjacent to an activating group) is 1. The molecule has 0 radical (unpaired) electrons. The van der Waals surface area contributed by atoms with Gasteiger partial charge in [-0.3, -0.25) is 14.5 Å². The molecule has 0 saturated carbocycles. The number of benzene rings is 2. The van der Waals surface area contributed by atoms with Crippen LogP contribution < -0.4 is 10.6 Å². The Labute approximate surface area is 155 Å². The van der Waals surface area contributed by atoms with Gasteiger partial charge in [0, 0.05) is 11.4 Å². The largest absolute Gasteiger partial charge is 0.325 e. The Bertz CT molecular complexity index is 714. The van der Waals surface area contributed by atoms with Gasteiger partial charge in [0.1, 0.15) is 0 Å². The van der Waals surface area contributed by atoms with E-state index in [0.717, 1.165) is 17.8 Å². The molecule has 0 bridgehead atoms. The molecule has 2 rings (SSSR count). The number of anilines is 2. The summed E-state index contributed by atoms with van der Waals surface area (Å²) < 4.78 is 0. The first-order chi connectivity index (χ1) is 12.5. The Morgan fingerprint density at radius 1 is 0.885 bits per heavy atom. The SMILES string of the molecule is CCC(C)c1ccc(NC(=O)CN(C)CC(=O)Nc2ccccc2)cc1. The van der Waals surface area contributed by atoms with Crippen LogP contribution in [-0.4, -0.2) is 36.9 Å². The maximum Gasteiger partial charge on any atom is 0.238 e. The molecule has 0 aliphatic carbocycles. The zero-order chi connectivity index (χ0) is 18.9. The number of nitrogens with zero attached hydrogens (tertiary/aromatic N) is 1. The first-order valence-corrected chi connectivity index (χ1v) is 8.91. The van der Waals surface area contributed by atoms with Crippen molar-refractivity contribution in [3.05, 3.63) is 60.2 Å². The van der Waals surface area contributed by atoms with Crippen molar-refractivity contribution in [3.8, 4) is 0 Å². The van der Waals surface area contributed by atoms with Crippen molar-refractivity contribution in [2.75, 3.05) is 30.8 Å². The van der Waals surface area contributed by atoms with Crippen LogP contribution in [0.1, 0.15) is 31.7 Å². The van der Waals surface area contributed by atoms with E-state index in [0.29, 0.717) is 5.92 Å². The third-order valence-electron chi connectivity index (χ3n) is 4.26. The Balaban J connectivity index is 1.78. The van der Waals surface area contributed by atoms with Crippen molar-refractivity contribution < 1.29 is 9.59 Å². The van der Waals surface area contributed by atoms with E-state index in [-0.39, 0.29) is 24.9 Å². The molecule has 2 aromatic rings. The molecule has 0 heterocycles. The van der Waals surface area contributed by atoms with E-state index in [1.165, 1.54) is 5.56 Å². The Morgan fingerprint density at radius 3 is 1.88 bits per heavy atom. The summed E-state index contributed by atoms with van der Waals surface area (Å²) in [6.07, 6.45) is 1.08. The molecular weight excluding hydrogens is 326 g/mol. The Kier molecular flexibility index (Phi) is 7.36. The smallest absolute Gasteiger partial charge is 0.238 e. The normalized spacial score (nSPS) is 11.8. The summed E-state index contributed by atoms with van der Waals surface area (Å²) in [6.45, 7) is 4.64. The van der Waals surface area contributed by atoms with Crippen LogP contribution in [-0.2, 0) is 9.59 Å². The van der Waals surface area contributed by atoms with E-state index in [1.807, 2.05) is 54.6 Å². The summed E-state index contributed by atoms with van der Waals surface area (Å²) >= 11 is 0. The molecule has 0 saturated heterocycles. The Morgan fingerprint density at radius 2 is 1.38 bits per heavy atom. The minimum atomic E-state index is -0.149. The fourth-order valence-corrected chi connectivity index (χ4v) is 2.60. The summed E-state index contributed by atoms with van der Waals surface area (Å²) in [5.41, 5.74) is 2.78. The van der Waals surface area contributed by atoms with Gasteiger partial charge in [-0.25, -0.2) is 0 Å². The lowest BCUT2D eigenvalue weighted by atomic mass is 9.99. The van der Waals surface area contributed by atoms with Gasteiger partial charge in [0.2, 0.25) is 11.8 Å². The second-order valence-corrected chi connectivity index (χ2v) is 6.57. The van der Waals surface area contributed by atoms with Crippen molar-refractivity contribution in [1.29, 1.82) is 0 Å². The number of nitrogens with one attached hydrogen (secondary N) is 2. The van der Waals surface area contributed by atoms with Crippen LogP contribution in [0.3, 0.4) is 0 Å². The molecule has 5 heteroatoms. The van der Waals surface area contributed by atoms with Gasteiger partial charge in [-0.05, 0) is 49.2 Å². The second kappa shape index (κ2) is 9.73. The van der Waals surface area contributed by atoms with E-state index in [9.17, 15) is 9.59 Å². The van der Waals surface area contributed by atoms with E-state index < -0.39 is 0 Å². The minimum Gasteiger partial charge on any atom is -0.325 e. The van der Waals surface area contributed by atoms with Gasteiger partial charge in [-0.15, -0.1) is 0 Å². The summed E-state index contributed by atoms with van der Waals surface area (Å²) in [4.78, 5) is 25.8. The number of carbonyl (C=O) groups is 2. The molecule has 1 atom stereocenters. The highest BCUT2D eigenvalue weighted by Gasteiger charge is 2.11. The van der Waals surface area contributed by atoms with Gasteiger partial charge in [0.25, 0.3) is 0 Å². The fourth-order valence-electron chi connectivity index (χ4n) is 2.60. The molecule has 2 N–H and O–H groups in total. The van der Waals surface area contributed by atoms with Gasteiger partial charge < -0.3 is 10.6 Å². The van der Waals surface area contributed by atoms with Crippen LogP contribution in [0, 0.1) is 0 Å². The summed E-state index contributed by atoms with van der Waals surface area (Å²) in [5, 5.41) is 5.67. The van der Waals surface area contributed by atoms with Gasteiger partial charge in [0.15, 0.2) is 0 Å². The van der Waals surface area contributed by atoms with Crippen molar-refractivity contribution in [1.82, 2.24) is 4.90 Å². The highest BCUT2D eigenvalue weighted by molar-refractivity contribution is 5.94. The maximum atomic E-state index is 12.2. The summed E-state index contributed by atoms with van der Waals surface area (Å²) in [6, 6.07) is 17.2. The minimum absolute atomic E-state index is 0.142. The van der Waals surface area contributed by atoms with Crippen molar-refractivity contribution in [2.24, 2.45) is 0 Å². The first kappa shape index (κ1) is 19.7. The van der Waals surface area contributed by atoms with Crippen LogP contribution in [0.5, 0.6) is 0 Å². The molecule has 26 heavy (non-hydrogen) atoms. The molecule has 0 aromatic heterocycles. The van der Waals surface area contributed by atoms with Crippen molar-refractivity contribution in [3.63, 3.8) is 0 Å². The van der Waals surface area contributed by atoms with Gasteiger partial charge in [-0.2, -0.15) is 0 Å². The van der Waals surface area contributed by atoms with Crippen LogP contribution in [0.4, 0.5) is 11.4 Å². The number of hydrogen-bond acceptors (Lipinski definition) is 3. The maximum absolute atomic E-state index is 12.2. The number of para-hydroxylation sites is 1. The number of carbonyl (C=O) groups excluding carboxylic acids is 2. The molecule has 0 aliphatic rings. The second-order valence-electron chi connectivity index (χ2n) is 6.57. The molecule has 0 fully saturated rings. The summed E-state index contributed by atoms with van der Waals surface area (Å²) in [7, 11) is 1.75. The zero-order valence-electron chi connectivity index (χ0n) is 15.7. The predicted molar refractivity (Wildman–Crippen MR) is 106 cm³/mol.